The van der Waals surface area contributed by atoms with Gasteiger partial charge in [0.15, 0.2) is 12.3 Å². The van der Waals surface area contributed by atoms with Gasteiger partial charge in [0.2, 0.25) is 0 Å². The van der Waals surface area contributed by atoms with Crippen LogP contribution in [0.15, 0.2) is 72.9 Å². The van der Waals surface area contributed by atoms with Crippen LogP contribution in [0.25, 0.3) is 28.1 Å². The van der Waals surface area contributed by atoms with Gasteiger partial charge in [0.05, 0.1) is 16.7 Å². The Morgan fingerprint density at radius 3 is 2.32 bits per heavy atom. The van der Waals surface area contributed by atoms with Crippen molar-refractivity contribution in [3.8, 4) is 0 Å². The summed E-state index contributed by atoms with van der Waals surface area (Å²) in [4.78, 5) is 22.6. The van der Waals surface area contributed by atoms with Crippen LogP contribution in [0.3, 0.4) is 0 Å². The van der Waals surface area contributed by atoms with E-state index >= 15 is 0 Å². The summed E-state index contributed by atoms with van der Waals surface area (Å²) < 4.78 is 20.7. The van der Waals surface area contributed by atoms with E-state index in [2.05, 4.69) is 5.10 Å². The third-order valence-electron chi connectivity index (χ3n) is 7.49. The minimum absolute atomic E-state index is 0.228. The number of carboxylic acids is 2. The van der Waals surface area contributed by atoms with E-state index in [1.54, 1.807) is 30.3 Å². The Hall–Kier alpha value is -4.39. The van der Waals surface area contributed by atoms with Crippen LogP contribution in [0.4, 0.5) is 4.39 Å². The van der Waals surface area contributed by atoms with Crippen molar-refractivity contribution in [2.75, 3.05) is 0 Å². The van der Waals surface area contributed by atoms with Crippen molar-refractivity contribution in [2.45, 2.75) is 44.0 Å². The summed E-state index contributed by atoms with van der Waals surface area (Å²) in [5, 5.41) is 54.6. The van der Waals surface area contributed by atoms with Gasteiger partial charge in [-0.25, -0.2) is 18.7 Å². The Morgan fingerprint density at radius 2 is 1.68 bits per heavy atom. The highest BCUT2D eigenvalue weighted by molar-refractivity contribution is 6.32. The number of aliphatic carboxylic acids is 2. The summed E-state index contributed by atoms with van der Waals surface area (Å²) in [5.41, 5.74) is 4.83. The van der Waals surface area contributed by atoms with Gasteiger partial charge in [0.1, 0.15) is 24.1 Å². The molecule has 12 heteroatoms. The second-order valence-corrected chi connectivity index (χ2v) is 10.7. The summed E-state index contributed by atoms with van der Waals surface area (Å²) in [5.74, 6) is -3.05. The molecule has 0 amide bonds. The fourth-order valence-electron chi connectivity index (χ4n) is 5.36. The second kappa shape index (κ2) is 12.7. The monoisotopic (exact) mass is 622 g/mol. The van der Waals surface area contributed by atoms with Gasteiger partial charge in [-0.05, 0) is 70.2 Å². The average molecular weight is 623 g/mol. The van der Waals surface area contributed by atoms with Crippen molar-refractivity contribution in [3.63, 3.8) is 0 Å². The number of hydrogen-bond donors (Lipinski definition) is 5. The molecule has 5 rings (SSSR count). The zero-order valence-electron chi connectivity index (χ0n) is 23.2. The number of allylic oxidation sites excluding steroid dienone is 1. The van der Waals surface area contributed by atoms with Crippen molar-refractivity contribution < 1.29 is 44.2 Å². The van der Waals surface area contributed by atoms with E-state index in [0.717, 1.165) is 28.3 Å². The Kier molecular flexibility index (Phi) is 8.95. The molecule has 1 aromatic heterocycles. The first kappa shape index (κ1) is 31.0. The number of rotatable bonds is 8. The van der Waals surface area contributed by atoms with Crippen LogP contribution in [-0.2, 0) is 14.3 Å². The Labute approximate surface area is 255 Å². The van der Waals surface area contributed by atoms with Gasteiger partial charge in [-0.1, -0.05) is 54.9 Å². The van der Waals surface area contributed by atoms with E-state index in [4.69, 9.17) is 21.4 Å². The van der Waals surface area contributed by atoms with Gasteiger partial charge < -0.3 is 30.3 Å². The molecule has 44 heavy (non-hydrogen) atoms. The largest absolute Gasteiger partial charge is 0.479 e. The lowest BCUT2D eigenvalue weighted by atomic mass is 9.87. The minimum atomic E-state index is -1.84. The minimum Gasteiger partial charge on any atom is -0.479 e. The standard InChI is InChI=1S/C32H28ClFN2O8/c1-2-21(22-10-9-20(34)14-23(22)33)26(17-6-3-16(4-7-17)5-12-25(37)38)18-8-11-24-19(13-18)15-35-36(24)31-29(41)27(39)28(40)30(44-31)32(42)43/h3-15,27-31,39-41H,2H2,1H3,(H,37,38)(H,42,43)/b12-5+,26-21+/t27-,28-,29+,30-,31+/m0/s1. The lowest BCUT2D eigenvalue weighted by Crippen LogP contribution is -2.57. The number of ether oxygens (including phenoxy) is 1. The Bertz CT molecular complexity index is 1780. The quantitative estimate of drug-likeness (QED) is 0.142. The molecule has 0 spiro atoms. The lowest BCUT2D eigenvalue weighted by Gasteiger charge is -2.38. The number of aromatic nitrogens is 2. The van der Waals surface area contributed by atoms with Gasteiger partial charge >= 0.3 is 11.9 Å². The maximum atomic E-state index is 14.0. The van der Waals surface area contributed by atoms with E-state index in [1.165, 1.54) is 29.1 Å². The number of aliphatic hydroxyl groups is 3. The maximum absolute atomic E-state index is 14.0. The van der Waals surface area contributed by atoms with Crippen LogP contribution < -0.4 is 0 Å². The molecule has 4 aromatic rings. The van der Waals surface area contributed by atoms with E-state index in [1.807, 2.05) is 25.1 Å². The fraction of sp³-hybridized carbons (Fsp3) is 0.219. The molecule has 0 bridgehead atoms. The topological polar surface area (TPSA) is 162 Å². The molecule has 1 aliphatic rings. The lowest BCUT2D eigenvalue weighted by molar-refractivity contribution is -0.248. The molecule has 2 heterocycles. The third-order valence-corrected chi connectivity index (χ3v) is 7.80. The maximum Gasteiger partial charge on any atom is 0.335 e. The van der Waals surface area contributed by atoms with Crippen LogP contribution in [0.5, 0.6) is 0 Å². The molecule has 5 N–H and O–H groups in total. The summed E-state index contributed by atoms with van der Waals surface area (Å²) in [6.07, 6.45) is -3.96. The average Bonchev–Trinajstić information content (AvgIpc) is 3.41. The number of aliphatic hydroxyl groups excluding tert-OH is 3. The van der Waals surface area contributed by atoms with Gasteiger partial charge in [0, 0.05) is 11.5 Å². The van der Waals surface area contributed by atoms with E-state index < -0.39 is 48.4 Å². The normalized spacial score (nSPS) is 22.7. The molecule has 0 aliphatic carbocycles. The number of nitrogens with zero attached hydrogens (tertiary/aromatic N) is 2. The molecule has 0 radical (unpaired) electrons. The molecule has 10 nitrogen and oxygen atoms in total. The number of fused-ring (bicyclic) bond motifs is 1. The molecule has 0 unspecified atom stereocenters. The van der Waals surface area contributed by atoms with Crippen LogP contribution in [0.1, 0.15) is 41.8 Å². The third kappa shape index (κ3) is 6.01. The van der Waals surface area contributed by atoms with Crippen molar-refractivity contribution in [1.29, 1.82) is 0 Å². The summed E-state index contributed by atoms with van der Waals surface area (Å²) >= 11 is 6.50. The highest BCUT2D eigenvalue weighted by Crippen LogP contribution is 2.39. The van der Waals surface area contributed by atoms with E-state index in [9.17, 15) is 34.4 Å². The van der Waals surface area contributed by atoms with E-state index in [0.29, 0.717) is 28.5 Å². The molecule has 228 valence electrons. The van der Waals surface area contributed by atoms with Gasteiger partial charge in [-0.15, -0.1) is 0 Å². The number of carbonyl (C=O) groups is 2. The number of hydrogen-bond acceptors (Lipinski definition) is 7. The molecule has 5 atom stereocenters. The molecular weight excluding hydrogens is 595 g/mol. The highest BCUT2D eigenvalue weighted by atomic mass is 35.5. The molecule has 1 fully saturated rings. The predicted molar refractivity (Wildman–Crippen MR) is 160 cm³/mol. The van der Waals surface area contributed by atoms with Crippen molar-refractivity contribution in [2.24, 2.45) is 0 Å². The summed E-state index contributed by atoms with van der Waals surface area (Å²) in [6, 6.07) is 16.7. The van der Waals surface area contributed by atoms with Crippen LogP contribution in [-0.4, -0.2) is 71.7 Å². The molecule has 1 saturated heterocycles. The Morgan fingerprint density at radius 1 is 0.977 bits per heavy atom. The smallest absolute Gasteiger partial charge is 0.335 e. The molecule has 0 saturated carbocycles. The number of carboxylic acid groups (broad SMARTS) is 2. The number of benzene rings is 3. The first-order chi connectivity index (χ1) is 21.0. The van der Waals surface area contributed by atoms with Crippen molar-refractivity contribution in [3.05, 3.63) is 106 Å². The zero-order valence-corrected chi connectivity index (χ0v) is 24.0. The van der Waals surface area contributed by atoms with Crippen molar-refractivity contribution in [1.82, 2.24) is 9.78 Å². The van der Waals surface area contributed by atoms with Crippen LogP contribution in [0.2, 0.25) is 5.02 Å². The first-order valence-electron chi connectivity index (χ1n) is 13.6. The van der Waals surface area contributed by atoms with Gasteiger partial charge in [-0.3, -0.25) is 0 Å². The second-order valence-electron chi connectivity index (χ2n) is 10.2. The fourth-order valence-corrected chi connectivity index (χ4v) is 5.64. The van der Waals surface area contributed by atoms with Gasteiger partial charge in [0.25, 0.3) is 0 Å². The highest BCUT2D eigenvalue weighted by Gasteiger charge is 2.48. The summed E-state index contributed by atoms with van der Waals surface area (Å²) in [6.45, 7) is 1.94. The SMILES string of the molecule is CC/C(=C(/c1ccc(/C=C/C(=O)O)cc1)c1ccc2c(cnn2[C@@H]2O[C@H](C(=O)O)[C@@H](O)[C@H](O)[C@H]2O)c1)c1ccc(F)cc1Cl. The molecule has 3 aromatic carbocycles. The predicted octanol–water partition coefficient (Wildman–Crippen LogP) is 4.36. The van der Waals surface area contributed by atoms with E-state index in [-0.39, 0.29) is 5.02 Å². The molecule has 1 aliphatic heterocycles. The van der Waals surface area contributed by atoms with Crippen molar-refractivity contribution >= 4 is 51.7 Å². The summed E-state index contributed by atoms with van der Waals surface area (Å²) in [7, 11) is 0. The number of halogens is 2. The Balaban J connectivity index is 1.64. The molecular formula is C32H28ClFN2O8. The van der Waals surface area contributed by atoms with Crippen LogP contribution in [0, 0.1) is 5.82 Å². The van der Waals surface area contributed by atoms with Gasteiger partial charge in [-0.2, -0.15) is 5.10 Å². The zero-order chi connectivity index (χ0) is 31.7. The first-order valence-corrected chi connectivity index (χ1v) is 14.0. The van der Waals surface area contributed by atoms with Crippen LogP contribution >= 0.6 is 11.6 Å².